The van der Waals surface area contributed by atoms with Crippen molar-refractivity contribution >= 4 is 33.4 Å². The van der Waals surface area contributed by atoms with E-state index in [1.165, 1.54) is 24.2 Å². The van der Waals surface area contributed by atoms with Gasteiger partial charge in [-0.15, -0.1) is 11.3 Å². The van der Waals surface area contributed by atoms with Crippen LogP contribution in [0, 0.1) is 5.92 Å². The summed E-state index contributed by atoms with van der Waals surface area (Å²) in [6, 6.07) is 8.06. The number of rotatable bonds is 7. The quantitative estimate of drug-likeness (QED) is 0.472. The average molecular weight is 439 g/mol. The van der Waals surface area contributed by atoms with E-state index in [-0.39, 0.29) is 12.5 Å². The van der Waals surface area contributed by atoms with Gasteiger partial charge in [-0.3, -0.25) is 4.79 Å². The van der Waals surface area contributed by atoms with Crippen LogP contribution >= 0.6 is 11.3 Å². The molecule has 1 saturated carbocycles. The highest BCUT2D eigenvalue weighted by atomic mass is 32.1. The van der Waals surface area contributed by atoms with Gasteiger partial charge in [0.1, 0.15) is 6.61 Å². The number of nitrogens with one attached hydrogen (secondary N) is 1. The number of imidazole rings is 1. The van der Waals surface area contributed by atoms with Crippen LogP contribution in [-0.4, -0.2) is 40.6 Å². The van der Waals surface area contributed by atoms with Crippen LogP contribution in [0.25, 0.3) is 17.0 Å². The number of carbonyl (C=O) groups excluding carboxylic acids is 1. The minimum atomic E-state index is 0.0327. The molecule has 1 fully saturated rings. The van der Waals surface area contributed by atoms with Gasteiger partial charge in [-0.05, 0) is 41.3 Å². The van der Waals surface area contributed by atoms with Gasteiger partial charge in [0.25, 0.3) is 5.95 Å². The molecule has 0 atom stereocenters. The zero-order valence-corrected chi connectivity index (χ0v) is 17.9. The SMILES string of the molecule is Cn1nnnc1-n1c(OCc2csc(NC(=O)CC3CCCC3)n2)nc2ccccc21. The van der Waals surface area contributed by atoms with E-state index in [1.54, 1.807) is 16.3 Å². The first kappa shape index (κ1) is 19.6. The van der Waals surface area contributed by atoms with Crippen LogP contribution in [0.2, 0.25) is 0 Å². The molecule has 3 heterocycles. The molecule has 1 N–H and O–H groups in total. The number of carbonyl (C=O) groups is 1. The second-order valence-corrected chi connectivity index (χ2v) is 8.51. The van der Waals surface area contributed by atoms with E-state index >= 15 is 0 Å². The van der Waals surface area contributed by atoms with Crippen molar-refractivity contribution in [3.05, 3.63) is 35.3 Å². The molecule has 11 heteroatoms. The number of hydrogen-bond donors (Lipinski definition) is 1. The van der Waals surface area contributed by atoms with Crippen molar-refractivity contribution in [3.8, 4) is 12.0 Å². The minimum Gasteiger partial charge on any atom is -0.458 e. The van der Waals surface area contributed by atoms with Crippen molar-refractivity contribution in [1.29, 1.82) is 0 Å². The number of tetrazole rings is 1. The van der Waals surface area contributed by atoms with Crippen LogP contribution in [0.15, 0.2) is 29.6 Å². The van der Waals surface area contributed by atoms with Crippen LogP contribution in [0.5, 0.6) is 6.01 Å². The highest BCUT2D eigenvalue weighted by Crippen LogP contribution is 2.28. The predicted molar refractivity (Wildman–Crippen MR) is 115 cm³/mol. The highest BCUT2D eigenvalue weighted by molar-refractivity contribution is 7.13. The van der Waals surface area contributed by atoms with Crippen molar-refractivity contribution in [2.75, 3.05) is 5.32 Å². The molecule has 0 aliphatic heterocycles. The maximum Gasteiger partial charge on any atom is 0.305 e. The molecule has 160 valence electrons. The normalized spacial score (nSPS) is 14.4. The van der Waals surface area contributed by atoms with E-state index in [9.17, 15) is 4.79 Å². The van der Waals surface area contributed by atoms with Gasteiger partial charge in [-0.1, -0.05) is 30.1 Å². The maximum atomic E-state index is 12.3. The molecule has 5 rings (SSSR count). The summed E-state index contributed by atoms with van der Waals surface area (Å²) in [7, 11) is 1.76. The number of aryl methyl sites for hydroxylation is 1. The number of ether oxygens (including phenoxy) is 1. The molecule has 0 unspecified atom stereocenters. The number of amides is 1. The maximum absolute atomic E-state index is 12.3. The van der Waals surface area contributed by atoms with E-state index < -0.39 is 0 Å². The lowest BCUT2D eigenvalue weighted by molar-refractivity contribution is -0.117. The number of anilines is 1. The van der Waals surface area contributed by atoms with Gasteiger partial charge in [-0.25, -0.2) is 14.2 Å². The standard InChI is InChI=1S/C20H22N8O2S/c1-27-19(24-25-26-27)28-16-9-5-4-8-15(16)22-20(28)30-11-14-12-31-18(21-14)23-17(29)10-13-6-2-3-7-13/h4-5,8-9,12-13H,2-3,6-7,10-11H2,1H3,(H,21,23,29). The van der Waals surface area contributed by atoms with Crippen LogP contribution in [0.1, 0.15) is 37.8 Å². The van der Waals surface area contributed by atoms with Gasteiger partial charge in [-0.2, -0.15) is 4.98 Å². The Morgan fingerprint density at radius 2 is 2.10 bits per heavy atom. The third kappa shape index (κ3) is 4.13. The van der Waals surface area contributed by atoms with Crippen LogP contribution in [-0.2, 0) is 18.4 Å². The smallest absolute Gasteiger partial charge is 0.305 e. The first-order chi connectivity index (χ1) is 15.2. The monoisotopic (exact) mass is 438 g/mol. The lowest BCUT2D eigenvalue weighted by Gasteiger charge is -2.08. The Bertz CT molecular complexity index is 1210. The largest absolute Gasteiger partial charge is 0.458 e. The van der Waals surface area contributed by atoms with Crippen LogP contribution < -0.4 is 10.1 Å². The molecule has 0 bridgehead atoms. The highest BCUT2D eigenvalue weighted by Gasteiger charge is 2.20. The van der Waals surface area contributed by atoms with Gasteiger partial charge in [0, 0.05) is 18.8 Å². The molecule has 0 spiro atoms. The second kappa shape index (κ2) is 8.42. The molecule has 0 saturated heterocycles. The van der Waals surface area contributed by atoms with Gasteiger partial charge >= 0.3 is 6.01 Å². The van der Waals surface area contributed by atoms with Crippen molar-refractivity contribution in [1.82, 2.24) is 34.7 Å². The average Bonchev–Trinajstić information content (AvgIpc) is 3.54. The number of aromatic nitrogens is 7. The Labute approximate surface area is 182 Å². The first-order valence-electron chi connectivity index (χ1n) is 10.2. The van der Waals surface area contributed by atoms with E-state index in [0.29, 0.717) is 29.4 Å². The van der Waals surface area contributed by atoms with Gasteiger partial charge in [0.05, 0.1) is 16.7 Å². The van der Waals surface area contributed by atoms with Crippen molar-refractivity contribution in [3.63, 3.8) is 0 Å². The first-order valence-corrected chi connectivity index (χ1v) is 11.1. The fourth-order valence-electron chi connectivity index (χ4n) is 3.92. The Balaban J connectivity index is 1.29. The van der Waals surface area contributed by atoms with Crippen molar-refractivity contribution in [2.45, 2.75) is 38.7 Å². The summed E-state index contributed by atoms with van der Waals surface area (Å²) < 4.78 is 9.31. The molecule has 3 aromatic heterocycles. The number of para-hydroxylation sites is 2. The molecule has 1 amide bonds. The molecule has 0 radical (unpaired) electrons. The molecule has 10 nitrogen and oxygen atoms in total. The molecule has 1 aliphatic rings. The summed E-state index contributed by atoms with van der Waals surface area (Å²) in [4.78, 5) is 21.3. The Morgan fingerprint density at radius 3 is 2.90 bits per heavy atom. The summed E-state index contributed by atoms with van der Waals surface area (Å²) >= 11 is 1.39. The van der Waals surface area contributed by atoms with Gasteiger partial charge < -0.3 is 10.1 Å². The van der Waals surface area contributed by atoms with Crippen molar-refractivity contribution < 1.29 is 9.53 Å². The molecule has 1 aromatic carbocycles. The Kier molecular flexibility index (Phi) is 5.33. The van der Waals surface area contributed by atoms with E-state index in [1.807, 2.05) is 29.6 Å². The van der Waals surface area contributed by atoms with Gasteiger partial charge in [0.2, 0.25) is 5.91 Å². The summed E-state index contributed by atoms with van der Waals surface area (Å²) in [5.74, 6) is 1.04. The third-order valence-corrected chi connectivity index (χ3v) is 6.23. The summed E-state index contributed by atoms with van der Waals surface area (Å²) in [5, 5.41) is 17.1. The predicted octanol–water partition coefficient (Wildman–Crippen LogP) is 3.10. The molecule has 31 heavy (non-hydrogen) atoms. The van der Waals surface area contributed by atoms with Crippen molar-refractivity contribution in [2.24, 2.45) is 13.0 Å². The fraction of sp³-hybridized carbons (Fsp3) is 0.400. The van der Waals surface area contributed by atoms with E-state index in [4.69, 9.17) is 4.74 Å². The second-order valence-electron chi connectivity index (χ2n) is 7.66. The van der Waals surface area contributed by atoms with E-state index in [0.717, 1.165) is 29.6 Å². The summed E-state index contributed by atoms with van der Waals surface area (Å²) in [5.41, 5.74) is 2.34. The number of hydrogen-bond acceptors (Lipinski definition) is 8. The van der Waals surface area contributed by atoms with E-state index in [2.05, 4.69) is 30.8 Å². The lowest BCUT2D eigenvalue weighted by atomic mass is 10.0. The minimum absolute atomic E-state index is 0.0327. The fourth-order valence-corrected chi connectivity index (χ4v) is 4.64. The Morgan fingerprint density at radius 1 is 1.26 bits per heavy atom. The molecule has 1 aliphatic carbocycles. The summed E-state index contributed by atoms with van der Waals surface area (Å²) in [6.07, 6.45) is 5.32. The molecular formula is C20H22N8O2S. The Hall–Kier alpha value is -3.34. The lowest BCUT2D eigenvalue weighted by Crippen LogP contribution is -2.15. The van der Waals surface area contributed by atoms with Gasteiger partial charge in [0.15, 0.2) is 5.13 Å². The number of nitrogens with zero attached hydrogens (tertiary/aromatic N) is 7. The third-order valence-electron chi connectivity index (χ3n) is 5.42. The summed E-state index contributed by atoms with van der Waals surface area (Å²) in [6.45, 7) is 0.212. The molecular weight excluding hydrogens is 416 g/mol. The topological polar surface area (TPSA) is 113 Å². The molecule has 4 aromatic rings. The van der Waals surface area contributed by atoms with Crippen LogP contribution in [0.3, 0.4) is 0 Å². The van der Waals surface area contributed by atoms with Crippen LogP contribution in [0.4, 0.5) is 5.13 Å². The number of fused-ring (bicyclic) bond motifs is 1. The number of benzene rings is 1. The zero-order valence-electron chi connectivity index (χ0n) is 17.1. The zero-order chi connectivity index (χ0) is 21.2. The number of thiazole rings is 1.